The molecule has 1 saturated heterocycles. The minimum atomic E-state index is -0.755. The highest BCUT2D eigenvalue weighted by Gasteiger charge is 2.32. The van der Waals surface area contributed by atoms with Gasteiger partial charge in [-0.05, 0) is 6.92 Å². The van der Waals surface area contributed by atoms with Crippen molar-refractivity contribution in [3.8, 4) is 0 Å². The third-order valence-electron chi connectivity index (χ3n) is 2.48. The lowest BCUT2D eigenvalue weighted by Crippen LogP contribution is -2.56. The Kier molecular flexibility index (Phi) is 4.05. The summed E-state index contributed by atoms with van der Waals surface area (Å²) < 4.78 is 0. The van der Waals surface area contributed by atoms with E-state index in [2.05, 4.69) is 0 Å². The van der Waals surface area contributed by atoms with Gasteiger partial charge in [-0.15, -0.1) is 0 Å². The van der Waals surface area contributed by atoms with Crippen LogP contribution >= 0.6 is 0 Å². The normalized spacial score (nSPS) is 19.7. The number of hydrogen-bond acceptors (Lipinski definition) is 4. The second kappa shape index (κ2) is 5.09. The van der Waals surface area contributed by atoms with Crippen molar-refractivity contribution in [3.05, 3.63) is 0 Å². The van der Waals surface area contributed by atoms with Gasteiger partial charge in [0.1, 0.15) is 0 Å². The molecule has 0 spiro atoms. The van der Waals surface area contributed by atoms with Gasteiger partial charge in [0, 0.05) is 32.7 Å². The molecule has 1 heterocycles. The first-order valence-electron chi connectivity index (χ1n) is 5.06. The first-order chi connectivity index (χ1) is 7.10. The molecule has 2 amide bonds. The van der Waals surface area contributed by atoms with Crippen molar-refractivity contribution < 1.29 is 14.7 Å². The monoisotopic (exact) mass is 215 g/mol. The van der Waals surface area contributed by atoms with E-state index in [0.717, 1.165) is 0 Å². The number of amides is 2. The predicted octanol–water partition coefficient (Wildman–Crippen LogP) is -2.00. The average Bonchev–Trinajstić information content (AvgIpc) is 2.25. The van der Waals surface area contributed by atoms with E-state index in [1.807, 2.05) is 6.92 Å². The van der Waals surface area contributed by atoms with Crippen LogP contribution in [0, 0.1) is 0 Å². The van der Waals surface area contributed by atoms with Crippen LogP contribution in [0.4, 0.5) is 0 Å². The Balaban J connectivity index is 2.57. The Morgan fingerprint density at radius 3 is 2.40 bits per heavy atom. The molecule has 0 radical (unpaired) electrons. The van der Waals surface area contributed by atoms with Crippen LogP contribution < -0.4 is 5.73 Å². The standard InChI is InChI=1S/C9H17N3O3/c1-2-11-3-4-12(6-7(13)5-10)9(15)8(11)14/h7,13H,2-6,10H2,1H3. The Bertz CT molecular complexity index is 257. The van der Waals surface area contributed by atoms with Gasteiger partial charge in [-0.1, -0.05) is 0 Å². The number of nitrogens with zero attached hydrogens (tertiary/aromatic N) is 2. The van der Waals surface area contributed by atoms with Gasteiger partial charge in [0.2, 0.25) is 0 Å². The zero-order chi connectivity index (χ0) is 11.4. The molecule has 0 aromatic rings. The summed E-state index contributed by atoms with van der Waals surface area (Å²) in [5.41, 5.74) is 5.24. The number of aliphatic hydroxyl groups excluding tert-OH is 1. The first-order valence-corrected chi connectivity index (χ1v) is 5.06. The number of nitrogens with two attached hydrogens (primary N) is 1. The second-order valence-electron chi connectivity index (χ2n) is 3.53. The number of carbonyl (C=O) groups excluding carboxylic acids is 2. The highest BCUT2D eigenvalue weighted by Crippen LogP contribution is 2.05. The van der Waals surface area contributed by atoms with E-state index in [0.29, 0.717) is 19.6 Å². The number of hydrogen-bond donors (Lipinski definition) is 2. The van der Waals surface area contributed by atoms with Crippen LogP contribution in [0.2, 0.25) is 0 Å². The van der Waals surface area contributed by atoms with Gasteiger partial charge in [0.05, 0.1) is 6.10 Å². The lowest BCUT2D eigenvalue weighted by molar-refractivity contribution is -0.156. The summed E-state index contributed by atoms with van der Waals surface area (Å²) in [6.45, 7) is 3.59. The van der Waals surface area contributed by atoms with Crippen molar-refractivity contribution in [1.82, 2.24) is 9.80 Å². The highest BCUT2D eigenvalue weighted by molar-refractivity contribution is 6.35. The van der Waals surface area contributed by atoms with E-state index < -0.39 is 17.9 Å². The van der Waals surface area contributed by atoms with Crippen LogP contribution in [0.25, 0.3) is 0 Å². The molecule has 6 heteroatoms. The van der Waals surface area contributed by atoms with Gasteiger partial charge in [-0.2, -0.15) is 0 Å². The van der Waals surface area contributed by atoms with Crippen molar-refractivity contribution in [3.63, 3.8) is 0 Å². The van der Waals surface area contributed by atoms with Crippen LogP contribution in [0.3, 0.4) is 0 Å². The molecule has 86 valence electrons. The molecule has 1 atom stereocenters. The summed E-state index contributed by atoms with van der Waals surface area (Å²) in [6.07, 6.45) is -0.755. The van der Waals surface area contributed by atoms with E-state index in [4.69, 9.17) is 5.73 Å². The fourth-order valence-corrected chi connectivity index (χ4v) is 1.52. The van der Waals surface area contributed by atoms with Crippen LogP contribution in [0.15, 0.2) is 0 Å². The van der Waals surface area contributed by atoms with E-state index >= 15 is 0 Å². The maximum Gasteiger partial charge on any atom is 0.312 e. The smallest absolute Gasteiger partial charge is 0.312 e. The number of β-amino-alcohol motifs (C(OH)–C–C–N with tert-alkyl or cyclic N) is 1. The van der Waals surface area contributed by atoms with Crippen molar-refractivity contribution in [1.29, 1.82) is 0 Å². The van der Waals surface area contributed by atoms with E-state index in [9.17, 15) is 14.7 Å². The van der Waals surface area contributed by atoms with E-state index in [1.54, 1.807) is 0 Å². The van der Waals surface area contributed by atoms with Gasteiger partial charge in [0.15, 0.2) is 0 Å². The molecule has 3 N–H and O–H groups in total. The zero-order valence-electron chi connectivity index (χ0n) is 8.85. The molecule has 0 saturated carbocycles. The van der Waals surface area contributed by atoms with Crippen molar-refractivity contribution in [2.45, 2.75) is 13.0 Å². The number of aliphatic hydroxyl groups is 1. The Morgan fingerprint density at radius 1 is 1.33 bits per heavy atom. The molecule has 1 aliphatic rings. The van der Waals surface area contributed by atoms with Gasteiger partial charge >= 0.3 is 11.8 Å². The summed E-state index contributed by atoms with van der Waals surface area (Å²) in [5.74, 6) is -1.04. The lowest BCUT2D eigenvalue weighted by atomic mass is 10.2. The second-order valence-corrected chi connectivity index (χ2v) is 3.53. The fourth-order valence-electron chi connectivity index (χ4n) is 1.52. The number of likely N-dealkylation sites (N-methyl/N-ethyl adjacent to an activating group) is 1. The molecule has 0 aromatic carbocycles. The molecule has 0 bridgehead atoms. The molecular weight excluding hydrogens is 198 g/mol. The Labute approximate surface area is 88.6 Å². The number of piperazine rings is 1. The summed E-state index contributed by atoms with van der Waals surface area (Å²) in [4.78, 5) is 25.8. The fraction of sp³-hybridized carbons (Fsp3) is 0.778. The average molecular weight is 215 g/mol. The quantitative estimate of drug-likeness (QED) is 0.531. The van der Waals surface area contributed by atoms with Crippen LogP contribution in [-0.4, -0.2) is 65.5 Å². The molecular formula is C9H17N3O3. The minimum Gasteiger partial charge on any atom is -0.390 e. The van der Waals surface area contributed by atoms with Gasteiger partial charge < -0.3 is 20.6 Å². The van der Waals surface area contributed by atoms with Gasteiger partial charge in [-0.3, -0.25) is 9.59 Å². The third-order valence-corrected chi connectivity index (χ3v) is 2.48. The lowest BCUT2D eigenvalue weighted by Gasteiger charge is -2.33. The van der Waals surface area contributed by atoms with E-state index in [1.165, 1.54) is 9.80 Å². The molecule has 1 fully saturated rings. The Morgan fingerprint density at radius 2 is 1.87 bits per heavy atom. The maximum atomic E-state index is 11.5. The summed E-state index contributed by atoms with van der Waals surface area (Å²) in [5, 5.41) is 9.29. The van der Waals surface area contributed by atoms with Crippen LogP contribution in [0.5, 0.6) is 0 Å². The van der Waals surface area contributed by atoms with E-state index in [-0.39, 0.29) is 13.1 Å². The van der Waals surface area contributed by atoms with Crippen LogP contribution in [-0.2, 0) is 9.59 Å². The van der Waals surface area contributed by atoms with Crippen molar-refractivity contribution in [2.24, 2.45) is 5.73 Å². The summed E-state index contributed by atoms with van der Waals surface area (Å²) in [7, 11) is 0. The molecule has 0 aliphatic carbocycles. The molecule has 0 aromatic heterocycles. The first kappa shape index (κ1) is 11.9. The largest absolute Gasteiger partial charge is 0.390 e. The molecule has 15 heavy (non-hydrogen) atoms. The zero-order valence-corrected chi connectivity index (χ0v) is 8.85. The summed E-state index contributed by atoms with van der Waals surface area (Å²) in [6, 6.07) is 0. The summed E-state index contributed by atoms with van der Waals surface area (Å²) >= 11 is 0. The van der Waals surface area contributed by atoms with Crippen molar-refractivity contribution >= 4 is 11.8 Å². The number of rotatable bonds is 4. The Hall–Kier alpha value is -1.14. The molecule has 1 rings (SSSR count). The molecule has 1 unspecified atom stereocenters. The predicted molar refractivity (Wildman–Crippen MR) is 53.9 cm³/mol. The third kappa shape index (κ3) is 2.66. The highest BCUT2D eigenvalue weighted by atomic mass is 16.3. The maximum absolute atomic E-state index is 11.5. The minimum absolute atomic E-state index is 0.0927. The molecule has 6 nitrogen and oxygen atoms in total. The molecule has 1 aliphatic heterocycles. The SMILES string of the molecule is CCN1CCN(CC(O)CN)C(=O)C1=O. The topological polar surface area (TPSA) is 86.9 Å². The van der Waals surface area contributed by atoms with Crippen molar-refractivity contribution in [2.75, 3.05) is 32.7 Å². The number of carbonyl (C=O) groups is 2. The van der Waals surface area contributed by atoms with Gasteiger partial charge in [0.25, 0.3) is 0 Å². The van der Waals surface area contributed by atoms with Crippen LogP contribution in [0.1, 0.15) is 6.92 Å². The van der Waals surface area contributed by atoms with Gasteiger partial charge in [-0.25, -0.2) is 0 Å².